The Morgan fingerprint density at radius 3 is 2.44 bits per heavy atom. The van der Waals surface area contributed by atoms with E-state index in [-0.39, 0.29) is 0 Å². The molecule has 0 saturated carbocycles. The molecule has 0 N–H and O–H groups in total. The summed E-state index contributed by atoms with van der Waals surface area (Å²) in [7, 11) is 0. The topological polar surface area (TPSA) is 0 Å². The predicted octanol–water partition coefficient (Wildman–Crippen LogP) is 8.51. The zero-order chi connectivity index (χ0) is 19.3. The second-order valence-electron chi connectivity index (χ2n) is 8.12. The molecule has 0 spiro atoms. The molecule has 0 heteroatoms. The summed E-state index contributed by atoms with van der Waals surface area (Å²) in [6.45, 7) is 20.8. The van der Waals surface area contributed by atoms with Gasteiger partial charge in [-0.2, -0.15) is 0 Å². The van der Waals surface area contributed by atoms with Crippen LogP contribution in [-0.2, 0) is 0 Å². The molecule has 0 bridgehead atoms. The average Bonchev–Trinajstić information content (AvgIpc) is 2.54. The van der Waals surface area contributed by atoms with Crippen LogP contribution in [0.4, 0.5) is 0 Å². The largest absolute Gasteiger partial charge is 0.0988 e. The Bertz CT molecular complexity index is 528. The molecule has 25 heavy (non-hydrogen) atoms. The second-order valence-corrected chi connectivity index (χ2v) is 8.12. The van der Waals surface area contributed by atoms with Crippen molar-refractivity contribution in [2.45, 2.75) is 80.1 Å². The van der Waals surface area contributed by atoms with Crippen LogP contribution in [0.1, 0.15) is 80.1 Å². The molecule has 0 amide bonds. The lowest BCUT2D eigenvalue weighted by Gasteiger charge is -2.18. The Labute approximate surface area is 157 Å². The fraction of sp³-hybridized carbons (Fsp3) is 0.520. The first-order chi connectivity index (χ1) is 11.7. The molecule has 0 aromatic carbocycles. The van der Waals surface area contributed by atoms with Gasteiger partial charge in [0.1, 0.15) is 0 Å². The van der Waals surface area contributed by atoms with Crippen LogP contribution >= 0.6 is 0 Å². The molecule has 1 rings (SSSR count). The minimum atomic E-state index is 0.311. The first kappa shape index (κ1) is 23.4. The Hall–Kier alpha value is -1.56. The third-order valence-corrected chi connectivity index (χ3v) is 4.32. The molecule has 140 valence electrons. The summed E-state index contributed by atoms with van der Waals surface area (Å²) < 4.78 is 0. The number of hydrogen-bond donors (Lipinski definition) is 0. The zero-order valence-corrected chi connectivity index (χ0v) is 17.6. The molecular formula is C25H40. The summed E-state index contributed by atoms with van der Waals surface area (Å²) >= 11 is 0. The van der Waals surface area contributed by atoms with Gasteiger partial charge in [0.15, 0.2) is 0 Å². The number of hydrogen-bond acceptors (Lipinski definition) is 0. The molecule has 0 unspecified atom stereocenters. The van der Waals surface area contributed by atoms with Crippen LogP contribution in [-0.4, -0.2) is 0 Å². The van der Waals surface area contributed by atoms with Crippen LogP contribution in [0, 0.1) is 5.41 Å². The third-order valence-electron chi connectivity index (χ3n) is 4.32. The van der Waals surface area contributed by atoms with Crippen molar-refractivity contribution in [2.24, 2.45) is 5.41 Å². The minimum Gasteiger partial charge on any atom is -0.0988 e. The first-order valence-electron chi connectivity index (χ1n) is 9.59. The highest BCUT2D eigenvalue weighted by Gasteiger charge is 2.11. The van der Waals surface area contributed by atoms with Gasteiger partial charge < -0.3 is 0 Å². The predicted molar refractivity (Wildman–Crippen MR) is 117 cm³/mol. The van der Waals surface area contributed by atoms with Crippen LogP contribution in [0.3, 0.4) is 0 Å². The Kier molecular flexibility index (Phi) is 12.0. The maximum atomic E-state index is 3.82. The summed E-state index contributed by atoms with van der Waals surface area (Å²) in [6, 6.07) is 0. The van der Waals surface area contributed by atoms with Gasteiger partial charge in [-0.05, 0) is 71.6 Å². The SMILES string of the molecule is C/C1=C\CC/C(C)=C/CC(C)(C)/C=C/C1.C=CC(=C)CCC=C(C)C. The molecule has 0 aromatic rings. The van der Waals surface area contributed by atoms with Gasteiger partial charge in [-0.25, -0.2) is 0 Å². The van der Waals surface area contributed by atoms with E-state index in [2.05, 4.69) is 85.1 Å². The van der Waals surface area contributed by atoms with E-state index in [1.165, 1.54) is 29.6 Å². The van der Waals surface area contributed by atoms with Gasteiger partial charge >= 0.3 is 0 Å². The molecule has 0 saturated heterocycles. The lowest BCUT2D eigenvalue weighted by atomic mass is 9.87. The van der Waals surface area contributed by atoms with Gasteiger partial charge in [-0.3, -0.25) is 0 Å². The minimum absolute atomic E-state index is 0.311. The van der Waals surface area contributed by atoms with Crippen molar-refractivity contribution in [1.82, 2.24) is 0 Å². The second kappa shape index (κ2) is 12.8. The van der Waals surface area contributed by atoms with E-state index in [0.29, 0.717) is 5.41 Å². The van der Waals surface area contributed by atoms with E-state index < -0.39 is 0 Å². The molecule has 0 aromatic heterocycles. The first-order valence-corrected chi connectivity index (χ1v) is 9.59. The van der Waals surface area contributed by atoms with Crippen molar-refractivity contribution in [3.05, 3.63) is 71.9 Å². The van der Waals surface area contributed by atoms with Crippen LogP contribution in [0.15, 0.2) is 71.9 Å². The normalized spacial score (nSPS) is 22.5. The van der Waals surface area contributed by atoms with Crippen LogP contribution in [0.5, 0.6) is 0 Å². The average molecular weight is 341 g/mol. The van der Waals surface area contributed by atoms with E-state index in [1.54, 1.807) is 0 Å². The molecule has 1 aliphatic carbocycles. The van der Waals surface area contributed by atoms with Crippen molar-refractivity contribution in [1.29, 1.82) is 0 Å². The fourth-order valence-electron chi connectivity index (χ4n) is 2.45. The van der Waals surface area contributed by atoms with E-state index in [9.17, 15) is 0 Å². The van der Waals surface area contributed by atoms with Crippen molar-refractivity contribution < 1.29 is 0 Å². The van der Waals surface area contributed by atoms with Crippen molar-refractivity contribution in [2.75, 3.05) is 0 Å². The summed E-state index contributed by atoms with van der Waals surface area (Å²) in [6.07, 6.45) is 20.3. The van der Waals surface area contributed by atoms with Crippen LogP contribution in [0.25, 0.3) is 0 Å². The smallest absolute Gasteiger partial charge is 0.0140 e. The lowest BCUT2D eigenvalue weighted by molar-refractivity contribution is 0.486. The maximum Gasteiger partial charge on any atom is -0.0140 e. The Morgan fingerprint density at radius 2 is 1.84 bits per heavy atom. The molecule has 0 nitrogen and oxygen atoms in total. The van der Waals surface area contributed by atoms with E-state index in [4.69, 9.17) is 0 Å². The van der Waals surface area contributed by atoms with Gasteiger partial charge in [-0.15, -0.1) is 0 Å². The summed E-state index contributed by atoms with van der Waals surface area (Å²) in [5.74, 6) is 0. The van der Waals surface area contributed by atoms with E-state index in [0.717, 1.165) is 31.3 Å². The number of rotatable bonds is 4. The van der Waals surface area contributed by atoms with Crippen molar-refractivity contribution in [3.8, 4) is 0 Å². The quantitative estimate of drug-likeness (QED) is 0.355. The molecule has 0 radical (unpaired) electrons. The molecule has 0 heterocycles. The van der Waals surface area contributed by atoms with Gasteiger partial charge in [0.25, 0.3) is 0 Å². The molecule has 1 aliphatic rings. The third kappa shape index (κ3) is 14.5. The fourth-order valence-corrected chi connectivity index (χ4v) is 2.45. The molecule has 0 aliphatic heterocycles. The summed E-state index contributed by atoms with van der Waals surface area (Å²) in [5.41, 5.74) is 5.83. The van der Waals surface area contributed by atoms with Gasteiger partial charge in [0, 0.05) is 0 Å². The molecular weight excluding hydrogens is 300 g/mol. The van der Waals surface area contributed by atoms with Crippen molar-refractivity contribution >= 4 is 0 Å². The van der Waals surface area contributed by atoms with Crippen LogP contribution < -0.4 is 0 Å². The zero-order valence-electron chi connectivity index (χ0n) is 17.6. The maximum absolute atomic E-state index is 3.82. The monoisotopic (exact) mass is 340 g/mol. The van der Waals surface area contributed by atoms with Gasteiger partial charge in [-0.1, -0.05) is 85.8 Å². The van der Waals surface area contributed by atoms with E-state index in [1.807, 2.05) is 6.08 Å². The van der Waals surface area contributed by atoms with Crippen LogP contribution in [0.2, 0.25) is 0 Å². The summed E-state index contributed by atoms with van der Waals surface area (Å²) in [5, 5.41) is 0. The Balaban J connectivity index is 0.000000504. The highest BCUT2D eigenvalue weighted by molar-refractivity contribution is 5.12. The molecule has 0 fully saturated rings. The highest BCUT2D eigenvalue weighted by atomic mass is 14.2. The van der Waals surface area contributed by atoms with Crippen molar-refractivity contribution in [3.63, 3.8) is 0 Å². The summed E-state index contributed by atoms with van der Waals surface area (Å²) in [4.78, 5) is 0. The Morgan fingerprint density at radius 1 is 1.16 bits per heavy atom. The highest BCUT2D eigenvalue weighted by Crippen LogP contribution is 2.25. The number of allylic oxidation sites excluding steroid dienone is 10. The standard InChI is InChI=1S/C15H24.C10H16/c1-13-7-5-8-14(2)10-12-15(3,4)11-6-9-13;1-5-10(4)8-6-7-9(2)3/h6-7,10-11H,5,8-9,12H2,1-4H3;5,7H,1,4,6,8H2,2-3H3/b11-6+,13-7+,14-10+;. The van der Waals surface area contributed by atoms with Gasteiger partial charge in [0.2, 0.25) is 0 Å². The van der Waals surface area contributed by atoms with E-state index >= 15 is 0 Å². The lowest BCUT2D eigenvalue weighted by Crippen LogP contribution is -2.05. The van der Waals surface area contributed by atoms with Gasteiger partial charge in [0.05, 0.1) is 0 Å². The molecule has 0 atom stereocenters.